The van der Waals surface area contributed by atoms with Crippen molar-refractivity contribution in [3.05, 3.63) is 83.7 Å². The Hall–Kier alpha value is -5.67. The van der Waals surface area contributed by atoms with Gasteiger partial charge in [0.1, 0.15) is 28.7 Å². The lowest BCUT2D eigenvalue weighted by molar-refractivity contribution is -0.142. The van der Waals surface area contributed by atoms with E-state index in [-0.39, 0.29) is 60.1 Å². The van der Waals surface area contributed by atoms with Crippen LogP contribution in [0.1, 0.15) is 102 Å². The van der Waals surface area contributed by atoms with Gasteiger partial charge in [0.15, 0.2) is 0 Å². The van der Waals surface area contributed by atoms with Crippen LogP contribution < -0.4 is 21.3 Å². The number of carbonyl (C=O) groups is 3. The Morgan fingerprint density at radius 3 is 2.35 bits per heavy atom. The summed E-state index contributed by atoms with van der Waals surface area (Å²) in [4.78, 5) is 65.5. The summed E-state index contributed by atoms with van der Waals surface area (Å²) in [5.41, 5.74) is 9.86. The molecule has 0 spiro atoms. The third-order valence-corrected chi connectivity index (χ3v) is 16.8. The topological polar surface area (TPSA) is 222 Å². The molecule has 19 nitrogen and oxygen atoms in total. The number of hydrogen-bond acceptors (Lipinski definition) is 15. The largest absolute Gasteiger partial charge is 0.391 e. The summed E-state index contributed by atoms with van der Waals surface area (Å²) in [5.74, 6) is 0.942. The number of aliphatic hydroxyl groups excluding tert-OH is 1. The fourth-order valence-electron chi connectivity index (χ4n) is 10.9. The van der Waals surface area contributed by atoms with Crippen molar-refractivity contribution >= 4 is 52.7 Å². The highest BCUT2D eigenvalue weighted by Gasteiger charge is 2.43. The highest BCUT2D eigenvalue weighted by Crippen LogP contribution is 2.37. The summed E-state index contributed by atoms with van der Waals surface area (Å²) in [7, 11) is 0. The number of β-amino-alcohol motifs (C(OH)–C–C–N with tert-alkyl or cyclic N) is 1. The van der Waals surface area contributed by atoms with Gasteiger partial charge in [-0.2, -0.15) is 5.10 Å². The molecule has 0 unspecified atom stereocenters. The van der Waals surface area contributed by atoms with Gasteiger partial charge in [-0.25, -0.2) is 19.6 Å². The number of piperidine rings is 3. The van der Waals surface area contributed by atoms with Gasteiger partial charge in [0.25, 0.3) is 0 Å². The summed E-state index contributed by atoms with van der Waals surface area (Å²) in [6.45, 7) is 15.9. The third kappa shape index (κ3) is 12.5. The van der Waals surface area contributed by atoms with Gasteiger partial charge >= 0.3 is 0 Å². The van der Waals surface area contributed by atoms with Crippen LogP contribution in [0.4, 0.5) is 11.6 Å². The molecule has 0 saturated carbocycles. The van der Waals surface area contributed by atoms with E-state index in [1.54, 1.807) is 29.5 Å². The zero-order valence-electron chi connectivity index (χ0n) is 43.3. The smallest absolute Gasteiger partial charge is 0.248 e. The Labute approximate surface area is 443 Å². The molecule has 0 aliphatic carbocycles. The number of rotatable bonds is 17. The quantitative estimate of drug-likeness (QED) is 0.0839. The number of aliphatic hydroxyl groups is 1. The standard InChI is InChI=1S/C53H72ClN15O4S/c1-6-68-42(11-21-59-68)37-9-7-36(8-10-37)41(61-50(71)43-29-40(70)33-67(43)52(73)48(34(2)3)69-32-35(4)62-63-69)17-24-64-22-13-38(14-23-64)51(72)66-25-15-39(16-26-66)60-49-47(54)44(12-20-56-49)74-46-31-57-45(30-58-46)65-27-18-53(5,55)19-28-65/h7-12,20-21,30-32,34,38-41,43,48,70H,6,13-19,22-29,33,55H2,1-5H3,(H,56,60)(H,61,71)/t40-,41+,43+,48+/m1/s1. The Bertz CT molecular complexity index is 2690. The molecule has 396 valence electrons. The first-order valence-electron chi connectivity index (χ1n) is 26.4. The van der Waals surface area contributed by atoms with Crippen molar-refractivity contribution in [1.82, 2.24) is 59.7 Å². The minimum atomic E-state index is -0.851. The molecular weight excluding hydrogens is 978 g/mol. The second-order valence-electron chi connectivity index (χ2n) is 21.2. The van der Waals surface area contributed by atoms with Gasteiger partial charge in [0, 0.05) is 93.2 Å². The van der Waals surface area contributed by atoms with E-state index in [2.05, 4.69) is 88.9 Å². The van der Waals surface area contributed by atoms with E-state index < -0.39 is 18.2 Å². The Morgan fingerprint density at radius 1 is 0.946 bits per heavy atom. The van der Waals surface area contributed by atoms with E-state index >= 15 is 0 Å². The van der Waals surface area contributed by atoms with Crippen LogP contribution in [0.5, 0.6) is 0 Å². The first kappa shape index (κ1) is 53.2. The van der Waals surface area contributed by atoms with Gasteiger partial charge in [-0.15, -0.1) is 5.10 Å². The van der Waals surface area contributed by atoms with Crippen LogP contribution in [0, 0.1) is 18.8 Å². The molecule has 4 atom stereocenters. The molecule has 3 amide bonds. The van der Waals surface area contributed by atoms with Crippen LogP contribution in [0.3, 0.4) is 0 Å². The molecule has 5 N–H and O–H groups in total. The Balaban J connectivity index is 0.777. The van der Waals surface area contributed by atoms with Crippen LogP contribution in [-0.2, 0) is 20.9 Å². The summed E-state index contributed by atoms with van der Waals surface area (Å²) >= 11 is 8.39. The van der Waals surface area contributed by atoms with Gasteiger partial charge in [-0.1, -0.05) is 66.7 Å². The van der Waals surface area contributed by atoms with Crippen LogP contribution in [0.25, 0.3) is 11.3 Å². The number of pyridine rings is 1. The highest BCUT2D eigenvalue weighted by molar-refractivity contribution is 7.99. The first-order chi connectivity index (χ1) is 35.6. The number of halogens is 1. The number of aryl methyl sites for hydroxylation is 2. The first-order valence-corrected chi connectivity index (χ1v) is 27.6. The van der Waals surface area contributed by atoms with E-state index in [1.165, 1.54) is 16.7 Å². The van der Waals surface area contributed by atoms with Crippen LogP contribution in [-0.4, -0.2) is 153 Å². The normalized spacial score (nSPS) is 20.7. The molecule has 4 saturated heterocycles. The summed E-state index contributed by atoms with van der Waals surface area (Å²) in [6, 6.07) is 10.3. The van der Waals surface area contributed by atoms with Gasteiger partial charge in [-0.05, 0) is 108 Å². The van der Waals surface area contributed by atoms with Crippen molar-refractivity contribution in [3.63, 3.8) is 0 Å². The average molecular weight is 1050 g/mol. The monoisotopic (exact) mass is 1050 g/mol. The fraction of sp³-hybridized carbons (Fsp3) is 0.566. The molecule has 21 heteroatoms. The van der Waals surface area contributed by atoms with Crippen molar-refractivity contribution < 1.29 is 19.5 Å². The molecule has 5 aromatic rings. The SMILES string of the molecule is CCn1nccc1-c1ccc([C@H](CCN2CCC(C(=O)N3CCC(Nc4nccc(Sc5cnc(N6CCC(C)(N)CC6)cn5)c4Cl)CC3)CC2)NC(=O)[C@@H]2C[C@@H](O)CN2C(=O)[C@H](C(C)C)n2cc(C)nn2)cc1. The molecule has 4 aromatic heterocycles. The fourth-order valence-corrected chi connectivity index (χ4v) is 11.9. The van der Waals surface area contributed by atoms with E-state index in [9.17, 15) is 19.5 Å². The molecule has 0 radical (unpaired) electrons. The molecule has 0 bridgehead atoms. The van der Waals surface area contributed by atoms with Crippen molar-refractivity contribution in [2.24, 2.45) is 17.6 Å². The lowest BCUT2D eigenvalue weighted by Crippen LogP contribution is -2.50. The second-order valence-corrected chi connectivity index (χ2v) is 22.7. The van der Waals surface area contributed by atoms with Crippen molar-refractivity contribution in [1.29, 1.82) is 0 Å². The average Bonchev–Trinajstić information content (AvgIpc) is 4.17. The highest BCUT2D eigenvalue weighted by atomic mass is 35.5. The van der Waals surface area contributed by atoms with Crippen molar-refractivity contribution in [2.75, 3.05) is 62.6 Å². The maximum Gasteiger partial charge on any atom is 0.248 e. The molecule has 8 heterocycles. The number of amides is 3. The van der Waals surface area contributed by atoms with Crippen LogP contribution >= 0.6 is 23.4 Å². The predicted octanol–water partition coefficient (Wildman–Crippen LogP) is 6.00. The molecule has 4 aliphatic rings. The Morgan fingerprint density at radius 2 is 1.69 bits per heavy atom. The number of likely N-dealkylation sites (tertiary alicyclic amines) is 3. The maximum absolute atomic E-state index is 14.4. The number of nitrogens with one attached hydrogen (secondary N) is 2. The maximum atomic E-state index is 14.4. The van der Waals surface area contributed by atoms with E-state index in [4.69, 9.17) is 17.3 Å². The predicted molar refractivity (Wildman–Crippen MR) is 285 cm³/mol. The number of anilines is 2. The minimum Gasteiger partial charge on any atom is -0.391 e. The van der Waals surface area contributed by atoms with Gasteiger partial charge in [-0.3, -0.25) is 19.1 Å². The number of hydrogen-bond donors (Lipinski definition) is 4. The lowest BCUT2D eigenvalue weighted by atomic mass is 9.91. The summed E-state index contributed by atoms with van der Waals surface area (Å²) < 4.78 is 3.51. The second kappa shape index (κ2) is 23.5. The van der Waals surface area contributed by atoms with E-state index in [0.717, 1.165) is 104 Å². The molecule has 4 aliphatic heterocycles. The number of carbonyl (C=O) groups excluding carboxylic acids is 3. The van der Waals surface area contributed by atoms with Crippen molar-refractivity contribution in [3.8, 4) is 11.3 Å². The summed E-state index contributed by atoms with van der Waals surface area (Å²) in [5, 5.41) is 31.8. The summed E-state index contributed by atoms with van der Waals surface area (Å²) in [6.07, 6.45) is 13.7. The van der Waals surface area contributed by atoms with E-state index in [0.29, 0.717) is 42.6 Å². The molecule has 9 rings (SSSR count). The number of nitrogens with two attached hydrogens (primary N) is 1. The van der Waals surface area contributed by atoms with Gasteiger partial charge < -0.3 is 41.1 Å². The number of benzene rings is 1. The van der Waals surface area contributed by atoms with Crippen molar-refractivity contribution in [2.45, 2.75) is 138 Å². The van der Waals surface area contributed by atoms with Gasteiger partial charge in [0.05, 0.1) is 40.9 Å². The molecule has 1 aromatic carbocycles. The number of aromatic nitrogens is 8. The third-order valence-electron chi connectivity index (χ3n) is 15.3. The number of nitrogens with zero attached hydrogens (tertiary/aromatic N) is 12. The van der Waals surface area contributed by atoms with Crippen LogP contribution in [0.2, 0.25) is 5.02 Å². The van der Waals surface area contributed by atoms with Gasteiger partial charge in [0.2, 0.25) is 17.7 Å². The minimum absolute atomic E-state index is 0.0487. The molecule has 4 fully saturated rings. The zero-order valence-corrected chi connectivity index (χ0v) is 44.9. The lowest BCUT2D eigenvalue weighted by Gasteiger charge is -2.38. The molecule has 74 heavy (non-hydrogen) atoms. The molecular formula is C53H72ClN15O4S. The zero-order chi connectivity index (χ0) is 52.1. The Kier molecular flexibility index (Phi) is 16.9. The van der Waals surface area contributed by atoms with E-state index in [1.807, 2.05) is 48.7 Å². The van der Waals surface area contributed by atoms with Crippen LogP contribution in [0.15, 0.2) is 77.3 Å².